The smallest absolute Gasteiger partial charge is 0.329 e. The zero-order valence-electron chi connectivity index (χ0n) is 14.2. The molecule has 0 heterocycles. The second-order valence-corrected chi connectivity index (χ2v) is 5.01. The molecule has 0 aliphatic heterocycles. The molecule has 26 heavy (non-hydrogen) atoms. The van der Waals surface area contributed by atoms with Gasteiger partial charge in [-0.15, -0.1) is 0 Å². The Morgan fingerprint density at radius 1 is 1.00 bits per heavy atom. The van der Waals surface area contributed by atoms with Crippen LogP contribution in [0.3, 0.4) is 0 Å². The molecule has 1 rings (SSSR count). The van der Waals surface area contributed by atoms with E-state index >= 15 is 0 Å². The first kappa shape index (κ1) is 21.0. The lowest BCUT2D eigenvalue weighted by atomic mass is 9.95. The fourth-order valence-electron chi connectivity index (χ4n) is 2.09. The van der Waals surface area contributed by atoms with Crippen LogP contribution in [0.15, 0.2) is 18.2 Å². The number of benzene rings is 1. The third kappa shape index (κ3) is 5.23. The number of rotatable bonds is 7. The van der Waals surface area contributed by atoms with Gasteiger partial charge in [0.1, 0.15) is 17.7 Å². The zero-order chi connectivity index (χ0) is 19.9. The first-order chi connectivity index (χ1) is 12.2. The molecule has 0 aliphatic rings. The quantitative estimate of drug-likeness (QED) is 0.550. The number of carbonyl (C=O) groups is 4. The second kappa shape index (κ2) is 9.44. The van der Waals surface area contributed by atoms with Gasteiger partial charge < -0.3 is 19.5 Å². The molecule has 0 unspecified atom stereocenters. The summed E-state index contributed by atoms with van der Waals surface area (Å²) in [6.07, 6.45) is -0.602. The average Bonchev–Trinajstić information content (AvgIpc) is 2.62. The Labute approximate surface area is 147 Å². The van der Waals surface area contributed by atoms with Gasteiger partial charge >= 0.3 is 17.9 Å². The molecule has 1 N–H and O–H groups in total. The van der Waals surface area contributed by atoms with E-state index in [1.54, 1.807) is 0 Å². The van der Waals surface area contributed by atoms with Crippen LogP contribution < -0.4 is 5.32 Å². The van der Waals surface area contributed by atoms with Crippen molar-refractivity contribution in [3.05, 3.63) is 35.4 Å². The molecule has 1 amide bonds. The highest BCUT2D eigenvalue weighted by Gasteiger charge is 2.39. The molecule has 0 saturated heterocycles. The van der Waals surface area contributed by atoms with Crippen molar-refractivity contribution in [1.29, 1.82) is 0 Å². The fourth-order valence-corrected chi connectivity index (χ4v) is 2.09. The Balaban J connectivity index is 3.17. The first-order valence-electron chi connectivity index (χ1n) is 7.23. The maximum atomic E-state index is 13.7. The molecule has 8 nitrogen and oxygen atoms in total. The minimum absolute atomic E-state index is 0.480. The van der Waals surface area contributed by atoms with Gasteiger partial charge in [-0.05, 0) is 12.1 Å². The van der Waals surface area contributed by atoms with E-state index in [0.717, 1.165) is 33.5 Å². The summed E-state index contributed by atoms with van der Waals surface area (Å²) in [5.41, 5.74) is -0.568. The Hall–Kier alpha value is -3.04. The van der Waals surface area contributed by atoms with Crippen molar-refractivity contribution in [2.24, 2.45) is 5.92 Å². The highest BCUT2D eigenvalue weighted by atomic mass is 19.1. The van der Waals surface area contributed by atoms with Crippen molar-refractivity contribution in [3.8, 4) is 0 Å². The number of hydrogen-bond donors (Lipinski definition) is 1. The van der Waals surface area contributed by atoms with Crippen LogP contribution in [0, 0.1) is 17.6 Å². The van der Waals surface area contributed by atoms with Crippen molar-refractivity contribution in [2.75, 3.05) is 21.3 Å². The van der Waals surface area contributed by atoms with Crippen molar-refractivity contribution in [1.82, 2.24) is 5.32 Å². The summed E-state index contributed by atoms with van der Waals surface area (Å²) in [6, 6.07) is 0.525. The molecule has 0 spiro atoms. The number of methoxy groups -OCH3 is 3. The summed E-state index contributed by atoms with van der Waals surface area (Å²) in [4.78, 5) is 47.7. The molecule has 0 radical (unpaired) electrons. The second-order valence-electron chi connectivity index (χ2n) is 5.01. The summed E-state index contributed by atoms with van der Waals surface area (Å²) >= 11 is 0. The number of carbonyl (C=O) groups excluding carboxylic acids is 4. The molecule has 0 aromatic heterocycles. The standard InChI is InChI=1S/C16H17F2NO7/c1-24-12(20)7-10(15(22)25-2)13(16(23)26-3)19-14(21)9-5-4-8(17)6-11(9)18/h4-6,10,13H,7H2,1-3H3,(H,19,21)/t10-,13-/m0/s1. The fraction of sp³-hybridized carbons (Fsp3) is 0.375. The predicted molar refractivity (Wildman–Crippen MR) is 81.8 cm³/mol. The van der Waals surface area contributed by atoms with Crippen LogP contribution in [0.1, 0.15) is 16.8 Å². The lowest BCUT2D eigenvalue weighted by Gasteiger charge is -2.23. The summed E-state index contributed by atoms with van der Waals surface area (Å²) in [7, 11) is 3.07. The van der Waals surface area contributed by atoms with E-state index in [9.17, 15) is 28.0 Å². The number of ether oxygens (including phenoxy) is 3. The summed E-state index contributed by atoms with van der Waals surface area (Å²) in [6.45, 7) is 0. The van der Waals surface area contributed by atoms with E-state index in [1.807, 2.05) is 0 Å². The minimum Gasteiger partial charge on any atom is -0.469 e. The van der Waals surface area contributed by atoms with Crippen LogP contribution in [-0.2, 0) is 28.6 Å². The van der Waals surface area contributed by atoms with Crippen molar-refractivity contribution < 1.29 is 42.2 Å². The van der Waals surface area contributed by atoms with Crippen molar-refractivity contribution in [3.63, 3.8) is 0 Å². The topological polar surface area (TPSA) is 108 Å². The summed E-state index contributed by atoms with van der Waals surface area (Å²) in [5, 5.41) is 2.10. The van der Waals surface area contributed by atoms with Crippen LogP contribution in [0.4, 0.5) is 8.78 Å². The van der Waals surface area contributed by atoms with Gasteiger partial charge in [0.25, 0.3) is 5.91 Å². The Morgan fingerprint density at radius 2 is 1.62 bits per heavy atom. The molecule has 0 bridgehead atoms. The highest BCUT2D eigenvalue weighted by Crippen LogP contribution is 2.16. The lowest BCUT2D eigenvalue weighted by molar-refractivity contribution is -0.158. The van der Waals surface area contributed by atoms with E-state index in [-0.39, 0.29) is 0 Å². The summed E-state index contributed by atoms with van der Waals surface area (Å²) < 4.78 is 40.2. The van der Waals surface area contributed by atoms with E-state index < -0.39 is 59.4 Å². The SMILES string of the molecule is COC(=O)C[C@H](C(=O)OC)[C@H](NC(=O)c1ccc(F)cc1F)C(=O)OC. The third-order valence-corrected chi connectivity index (χ3v) is 3.44. The Morgan fingerprint density at radius 3 is 2.12 bits per heavy atom. The largest absolute Gasteiger partial charge is 0.469 e. The lowest BCUT2D eigenvalue weighted by Crippen LogP contribution is -2.50. The molecular weight excluding hydrogens is 356 g/mol. The Kier molecular flexibility index (Phi) is 7.63. The van der Waals surface area contributed by atoms with Gasteiger partial charge in [0.15, 0.2) is 0 Å². The van der Waals surface area contributed by atoms with Crippen LogP contribution >= 0.6 is 0 Å². The van der Waals surface area contributed by atoms with Gasteiger partial charge in [0, 0.05) is 6.07 Å². The molecule has 0 aliphatic carbocycles. The van der Waals surface area contributed by atoms with Crippen molar-refractivity contribution in [2.45, 2.75) is 12.5 Å². The molecule has 0 fully saturated rings. The maximum absolute atomic E-state index is 13.7. The minimum atomic E-state index is -1.66. The van der Waals surface area contributed by atoms with E-state index in [2.05, 4.69) is 19.5 Å². The molecular formula is C16H17F2NO7. The first-order valence-corrected chi connectivity index (χ1v) is 7.23. The summed E-state index contributed by atoms with van der Waals surface area (Å²) in [5.74, 6) is -7.58. The van der Waals surface area contributed by atoms with Crippen LogP contribution in [0.5, 0.6) is 0 Å². The average molecular weight is 373 g/mol. The van der Waals surface area contributed by atoms with Crippen LogP contribution in [0.2, 0.25) is 0 Å². The van der Waals surface area contributed by atoms with Crippen LogP contribution in [0.25, 0.3) is 0 Å². The van der Waals surface area contributed by atoms with Gasteiger partial charge in [-0.1, -0.05) is 0 Å². The van der Waals surface area contributed by atoms with Gasteiger partial charge in [0.05, 0.1) is 39.2 Å². The van der Waals surface area contributed by atoms with E-state index in [1.165, 1.54) is 0 Å². The number of hydrogen-bond acceptors (Lipinski definition) is 7. The van der Waals surface area contributed by atoms with Crippen LogP contribution in [-0.4, -0.2) is 51.2 Å². The Bertz CT molecular complexity index is 708. The van der Waals surface area contributed by atoms with E-state index in [4.69, 9.17) is 0 Å². The van der Waals surface area contributed by atoms with Crippen molar-refractivity contribution >= 4 is 23.8 Å². The molecule has 0 saturated carbocycles. The number of esters is 3. The predicted octanol–water partition coefficient (Wildman–Crippen LogP) is 0.588. The highest BCUT2D eigenvalue weighted by molar-refractivity contribution is 5.98. The number of amides is 1. The maximum Gasteiger partial charge on any atom is 0.329 e. The van der Waals surface area contributed by atoms with Gasteiger partial charge in [-0.2, -0.15) is 0 Å². The van der Waals surface area contributed by atoms with Gasteiger partial charge in [-0.3, -0.25) is 14.4 Å². The zero-order valence-corrected chi connectivity index (χ0v) is 14.2. The third-order valence-electron chi connectivity index (χ3n) is 3.44. The van der Waals surface area contributed by atoms with Gasteiger partial charge in [-0.25, -0.2) is 13.6 Å². The number of halogens is 2. The van der Waals surface area contributed by atoms with Gasteiger partial charge in [0.2, 0.25) is 0 Å². The molecule has 142 valence electrons. The monoisotopic (exact) mass is 373 g/mol. The number of nitrogens with one attached hydrogen (secondary N) is 1. The normalized spacial score (nSPS) is 12.5. The molecule has 1 aromatic rings. The van der Waals surface area contributed by atoms with E-state index in [0.29, 0.717) is 6.07 Å². The molecule has 1 aromatic carbocycles. The molecule has 10 heteroatoms. The molecule has 2 atom stereocenters.